The third-order valence-corrected chi connectivity index (χ3v) is 5.32. The summed E-state index contributed by atoms with van der Waals surface area (Å²) in [4.78, 5) is 24.0. The van der Waals surface area contributed by atoms with Crippen molar-refractivity contribution in [3.05, 3.63) is 59.3 Å². The Kier molecular flexibility index (Phi) is 5.81. The molecule has 0 aliphatic carbocycles. The number of hydrogen-bond acceptors (Lipinski definition) is 7. The van der Waals surface area contributed by atoms with Crippen molar-refractivity contribution in [2.75, 3.05) is 43.6 Å². The van der Waals surface area contributed by atoms with Crippen LogP contribution in [0, 0.1) is 6.92 Å². The predicted molar refractivity (Wildman–Crippen MR) is 117 cm³/mol. The molecule has 0 radical (unpaired) electrons. The maximum Gasteiger partial charge on any atom is 0.339 e. The number of hydrogen-bond donors (Lipinski definition) is 1. The van der Waals surface area contributed by atoms with Crippen LogP contribution < -0.4 is 10.2 Å². The normalized spacial score (nSPS) is 15.1. The molecule has 1 N–H and O–H groups in total. The molecule has 0 spiro atoms. The standard InChI is InChI=1S/C23H26N4O3/c1-15-12-18(16(2)25-19-7-5-4-6-17(19)23(28)29-3)22-20(13-15)24-14-21(26-22)27-8-10-30-11-9-27/h4-7,12-14,16,25H,8-11H2,1-3H3. The van der Waals surface area contributed by atoms with E-state index in [1.807, 2.05) is 30.5 Å². The number of anilines is 2. The molecule has 1 aromatic heterocycles. The second-order valence-corrected chi connectivity index (χ2v) is 7.45. The largest absolute Gasteiger partial charge is 0.465 e. The van der Waals surface area contributed by atoms with Crippen molar-refractivity contribution in [3.8, 4) is 0 Å². The second kappa shape index (κ2) is 8.67. The fourth-order valence-electron chi connectivity index (χ4n) is 3.76. The van der Waals surface area contributed by atoms with Crippen LogP contribution in [0.3, 0.4) is 0 Å². The zero-order chi connectivity index (χ0) is 21.1. The first kappa shape index (κ1) is 20.1. The topological polar surface area (TPSA) is 76.6 Å². The van der Waals surface area contributed by atoms with E-state index < -0.39 is 0 Å². The van der Waals surface area contributed by atoms with Gasteiger partial charge >= 0.3 is 5.97 Å². The Bertz CT molecular complexity index is 1060. The van der Waals surface area contributed by atoms with Crippen LogP contribution in [-0.2, 0) is 9.47 Å². The number of rotatable bonds is 5. The van der Waals surface area contributed by atoms with E-state index in [0.717, 1.165) is 46.8 Å². The van der Waals surface area contributed by atoms with Gasteiger partial charge in [0.2, 0.25) is 0 Å². The fraction of sp³-hybridized carbons (Fsp3) is 0.348. The predicted octanol–water partition coefficient (Wildman–Crippen LogP) is 3.73. The Morgan fingerprint density at radius 1 is 1.23 bits per heavy atom. The zero-order valence-corrected chi connectivity index (χ0v) is 17.5. The molecule has 7 nitrogen and oxygen atoms in total. The van der Waals surface area contributed by atoms with Gasteiger partial charge in [-0.25, -0.2) is 9.78 Å². The molecule has 156 valence electrons. The van der Waals surface area contributed by atoms with Crippen molar-refractivity contribution in [1.82, 2.24) is 9.97 Å². The van der Waals surface area contributed by atoms with E-state index in [0.29, 0.717) is 18.8 Å². The maximum absolute atomic E-state index is 12.1. The number of nitrogens with zero attached hydrogens (tertiary/aromatic N) is 3. The number of carbonyl (C=O) groups excluding carboxylic acids is 1. The number of para-hydroxylation sites is 1. The van der Waals surface area contributed by atoms with E-state index in [4.69, 9.17) is 14.5 Å². The van der Waals surface area contributed by atoms with Crippen LogP contribution in [0.4, 0.5) is 11.5 Å². The summed E-state index contributed by atoms with van der Waals surface area (Å²) in [5.74, 6) is 0.492. The number of carbonyl (C=O) groups is 1. The van der Waals surface area contributed by atoms with Gasteiger partial charge in [-0.2, -0.15) is 0 Å². The molecule has 0 saturated carbocycles. The Hall–Kier alpha value is -3.19. The molecular formula is C23H26N4O3. The van der Waals surface area contributed by atoms with Crippen molar-refractivity contribution in [1.29, 1.82) is 0 Å². The quantitative estimate of drug-likeness (QED) is 0.647. The maximum atomic E-state index is 12.1. The lowest BCUT2D eigenvalue weighted by Crippen LogP contribution is -2.36. The number of nitrogens with one attached hydrogen (secondary N) is 1. The highest BCUT2D eigenvalue weighted by Gasteiger charge is 2.19. The highest BCUT2D eigenvalue weighted by atomic mass is 16.5. The molecule has 30 heavy (non-hydrogen) atoms. The van der Waals surface area contributed by atoms with Crippen LogP contribution in [0.2, 0.25) is 0 Å². The van der Waals surface area contributed by atoms with Crippen molar-refractivity contribution in [2.24, 2.45) is 0 Å². The molecule has 1 fully saturated rings. The van der Waals surface area contributed by atoms with Crippen LogP contribution in [0.15, 0.2) is 42.6 Å². The molecule has 1 aliphatic rings. The molecule has 2 heterocycles. The molecule has 1 aliphatic heterocycles. The number of esters is 1. The van der Waals surface area contributed by atoms with Crippen molar-refractivity contribution in [2.45, 2.75) is 19.9 Å². The lowest BCUT2D eigenvalue weighted by molar-refractivity contribution is 0.0602. The third-order valence-electron chi connectivity index (χ3n) is 5.32. The molecule has 1 unspecified atom stereocenters. The van der Waals surface area contributed by atoms with Gasteiger partial charge in [0.1, 0.15) is 5.82 Å². The summed E-state index contributed by atoms with van der Waals surface area (Å²) < 4.78 is 10.4. The van der Waals surface area contributed by atoms with Crippen molar-refractivity contribution >= 4 is 28.5 Å². The summed E-state index contributed by atoms with van der Waals surface area (Å²) >= 11 is 0. The second-order valence-electron chi connectivity index (χ2n) is 7.45. The number of methoxy groups -OCH3 is 1. The minimum Gasteiger partial charge on any atom is -0.465 e. The van der Waals surface area contributed by atoms with Gasteiger partial charge in [0.15, 0.2) is 0 Å². The monoisotopic (exact) mass is 406 g/mol. The Morgan fingerprint density at radius 3 is 2.77 bits per heavy atom. The number of fused-ring (bicyclic) bond motifs is 1. The summed E-state index contributed by atoms with van der Waals surface area (Å²) in [6, 6.07) is 11.4. The minimum atomic E-state index is -0.367. The van der Waals surface area contributed by atoms with Gasteiger partial charge in [0, 0.05) is 24.3 Å². The van der Waals surface area contributed by atoms with Crippen LogP contribution in [-0.4, -0.2) is 49.4 Å². The van der Waals surface area contributed by atoms with Crippen LogP contribution in [0.5, 0.6) is 0 Å². The SMILES string of the molecule is COC(=O)c1ccccc1NC(C)c1cc(C)cc2ncc(N3CCOCC3)nc12. The Labute approximate surface area is 176 Å². The van der Waals surface area contributed by atoms with Gasteiger partial charge in [-0.3, -0.25) is 4.98 Å². The first-order chi connectivity index (χ1) is 14.6. The highest BCUT2D eigenvalue weighted by Crippen LogP contribution is 2.29. The van der Waals surface area contributed by atoms with Gasteiger partial charge in [0.05, 0.1) is 49.2 Å². The number of aromatic nitrogens is 2. The van der Waals surface area contributed by atoms with E-state index in [1.54, 1.807) is 6.07 Å². The van der Waals surface area contributed by atoms with Gasteiger partial charge in [0.25, 0.3) is 0 Å². The first-order valence-corrected chi connectivity index (χ1v) is 10.1. The lowest BCUT2D eigenvalue weighted by atomic mass is 10.0. The molecular weight excluding hydrogens is 380 g/mol. The van der Waals surface area contributed by atoms with E-state index >= 15 is 0 Å². The zero-order valence-electron chi connectivity index (χ0n) is 17.5. The van der Waals surface area contributed by atoms with Gasteiger partial charge < -0.3 is 19.7 Å². The molecule has 1 atom stereocenters. The molecule has 2 aromatic carbocycles. The summed E-state index contributed by atoms with van der Waals surface area (Å²) in [7, 11) is 1.39. The smallest absolute Gasteiger partial charge is 0.339 e. The molecule has 7 heteroatoms. The third kappa shape index (κ3) is 4.07. The summed E-state index contributed by atoms with van der Waals surface area (Å²) in [6.45, 7) is 7.12. The van der Waals surface area contributed by atoms with Crippen LogP contribution >= 0.6 is 0 Å². The van der Waals surface area contributed by atoms with Crippen molar-refractivity contribution in [3.63, 3.8) is 0 Å². The fourth-order valence-corrected chi connectivity index (χ4v) is 3.76. The van der Waals surface area contributed by atoms with E-state index in [2.05, 4.69) is 35.1 Å². The number of benzene rings is 2. The number of ether oxygens (including phenoxy) is 2. The summed E-state index contributed by atoms with van der Waals surface area (Å²) in [5, 5.41) is 3.46. The van der Waals surface area contributed by atoms with Crippen LogP contribution in [0.1, 0.15) is 34.5 Å². The average molecular weight is 406 g/mol. The molecule has 4 rings (SSSR count). The molecule has 3 aromatic rings. The van der Waals surface area contributed by atoms with Gasteiger partial charge in [-0.1, -0.05) is 18.2 Å². The molecule has 0 bridgehead atoms. The minimum absolute atomic E-state index is 0.0903. The molecule has 0 amide bonds. The van der Waals surface area contributed by atoms with Crippen molar-refractivity contribution < 1.29 is 14.3 Å². The average Bonchev–Trinajstić information content (AvgIpc) is 2.78. The van der Waals surface area contributed by atoms with E-state index in [-0.39, 0.29) is 12.0 Å². The van der Waals surface area contributed by atoms with E-state index in [1.165, 1.54) is 7.11 Å². The highest BCUT2D eigenvalue weighted by molar-refractivity contribution is 5.95. The van der Waals surface area contributed by atoms with E-state index in [9.17, 15) is 4.79 Å². The van der Waals surface area contributed by atoms with Gasteiger partial charge in [-0.15, -0.1) is 0 Å². The first-order valence-electron chi connectivity index (χ1n) is 10.1. The summed E-state index contributed by atoms with van der Waals surface area (Å²) in [6.07, 6.45) is 1.83. The summed E-state index contributed by atoms with van der Waals surface area (Å²) in [5.41, 5.74) is 5.10. The Morgan fingerprint density at radius 2 is 2.00 bits per heavy atom. The molecule has 1 saturated heterocycles. The Balaban J connectivity index is 1.71. The van der Waals surface area contributed by atoms with Crippen LogP contribution in [0.25, 0.3) is 11.0 Å². The lowest BCUT2D eigenvalue weighted by Gasteiger charge is -2.28. The number of morpholine rings is 1. The van der Waals surface area contributed by atoms with Gasteiger partial charge in [-0.05, 0) is 37.6 Å². The number of aryl methyl sites for hydroxylation is 1.